The number of rotatable bonds is 10. The van der Waals surface area contributed by atoms with E-state index in [-0.39, 0.29) is 58.5 Å². The molecule has 12 atom stereocenters. The number of esters is 2. The first-order valence-electron chi connectivity index (χ1n) is 18.0. The number of nitrogens with one attached hydrogen (secondary N) is 1. The Kier molecular flexibility index (Phi) is 9.83. The summed E-state index contributed by atoms with van der Waals surface area (Å²) in [6, 6.07) is -0.0167. The number of allylic oxidation sites excluding steroid dienone is 1. The van der Waals surface area contributed by atoms with Gasteiger partial charge in [0.2, 0.25) is 0 Å². The zero-order valence-electron chi connectivity index (χ0n) is 30.6. The van der Waals surface area contributed by atoms with Gasteiger partial charge in [-0.3, -0.25) is 14.4 Å². The van der Waals surface area contributed by atoms with Crippen LogP contribution in [0, 0.1) is 56.7 Å². The summed E-state index contributed by atoms with van der Waals surface area (Å²) in [5, 5.41) is 14.1. The lowest BCUT2D eigenvalue weighted by atomic mass is 9.34. The first-order chi connectivity index (χ1) is 21.9. The standard InChI is InChI=1S/C38H61NO8/c1-22(2)24(4)34(6)15-16-36(8)26-11-12-29-35(7)20-45-21-38(29,27(26)13-14-37(36,9)31(34)33(42)43)17-28(46-25(5)40)32(35)47-30(41)18-39-23(3)19-44-10/h13,22-24,26,28-29,31-32,39H,11-12,14-21H2,1-10H3,(H,42,43)/t23?,24-,26+,28-,29+,31-,32+,34-,35-,36-,37+,38-/m1/s1. The first-order valence-corrected chi connectivity index (χ1v) is 18.0. The molecule has 0 aromatic rings. The predicted octanol–water partition coefficient (Wildman–Crippen LogP) is 6.04. The van der Waals surface area contributed by atoms with Crippen molar-refractivity contribution in [3.8, 4) is 0 Å². The molecule has 5 aliphatic rings. The number of carboxylic acid groups (broad SMARTS) is 1. The molecule has 9 heteroatoms. The molecule has 0 aromatic heterocycles. The summed E-state index contributed by atoms with van der Waals surface area (Å²) in [7, 11) is 1.62. The lowest BCUT2D eigenvalue weighted by molar-refractivity contribution is -0.262. The van der Waals surface area contributed by atoms with E-state index in [4.69, 9.17) is 18.9 Å². The second kappa shape index (κ2) is 12.7. The minimum absolute atomic E-state index is 0.0167. The van der Waals surface area contributed by atoms with Crippen LogP contribution in [0.3, 0.4) is 0 Å². The van der Waals surface area contributed by atoms with Crippen LogP contribution in [0.15, 0.2) is 11.6 Å². The second-order valence-corrected chi connectivity index (χ2v) is 17.3. The van der Waals surface area contributed by atoms with Gasteiger partial charge >= 0.3 is 17.9 Å². The minimum Gasteiger partial charge on any atom is -0.481 e. The summed E-state index contributed by atoms with van der Waals surface area (Å²) in [5.74, 6) is -0.864. The number of methoxy groups -OCH3 is 1. The number of fused-ring (bicyclic) bond motifs is 3. The van der Waals surface area contributed by atoms with Crippen LogP contribution in [0.2, 0.25) is 0 Å². The fraction of sp³-hybridized carbons (Fsp3) is 0.868. The fourth-order valence-electron chi connectivity index (χ4n) is 11.9. The number of carboxylic acids is 1. The van der Waals surface area contributed by atoms with Gasteiger partial charge in [-0.2, -0.15) is 0 Å². The van der Waals surface area contributed by atoms with Gasteiger partial charge in [-0.25, -0.2) is 0 Å². The number of ether oxygens (including phenoxy) is 4. The van der Waals surface area contributed by atoms with Gasteiger partial charge in [0, 0.05) is 30.9 Å². The Labute approximate surface area is 282 Å². The smallest absolute Gasteiger partial charge is 0.320 e. The van der Waals surface area contributed by atoms with Crippen LogP contribution < -0.4 is 5.32 Å². The largest absolute Gasteiger partial charge is 0.481 e. The summed E-state index contributed by atoms with van der Waals surface area (Å²) in [4.78, 5) is 39.1. The van der Waals surface area contributed by atoms with Crippen molar-refractivity contribution in [2.24, 2.45) is 56.7 Å². The zero-order chi connectivity index (χ0) is 34.7. The molecule has 1 saturated heterocycles. The maximum atomic E-state index is 13.3. The minimum atomic E-state index is -0.672. The average Bonchev–Trinajstić information content (AvgIpc) is 2.98. The summed E-state index contributed by atoms with van der Waals surface area (Å²) in [6.07, 6.45) is 6.10. The Morgan fingerprint density at radius 2 is 1.72 bits per heavy atom. The van der Waals surface area contributed by atoms with Gasteiger partial charge in [-0.05, 0) is 85.4 Å². The maximum Gasteiger partial charge on any atom is 0.320 e. The van der Waals surface area contributed by atoms with E-state index < -0.39 is 34.9 Å². The Balaban J connectivity index is 1.52. The van der Waals surface area contributed by atoms with Crippen LogP contribution in [-0.2, 0) is 33.3 Å². The molecular formula is C38H61NO8. The molecule has 0 amide bonds. The SMILES string of the molecule is COCC(C)NCC(=O)O[C@H]1[C@H](OC(C)=O)C[C@]23COC[C@]1(C)[C@@H]2CC[C@H]1C3=CC[C@@]2(C)[C@H](C(=O)O)[C@@](C)([C@H](C)C(C)C)CC[C@]12C. The Morgan fingerprint density at radius 1 is 1.02 bits per heavy atom. The molecule has 3 saturated carbocycles. The molecule has 4 aliphatic carbocycles. The third-order valence-electron chi connectivity index (χ3n) is 14.7. The van der Waals surface area contributed by atoms with Crippen LogP contribution in [0.5, 0.6) is 0 Å². The highest BCUT2D eigenvalue weighted by molar-refractivity contribution is 5.73. The Hall–Kier alpha value is -1.97. The number of carbonyl (C=O) groups is 3. The van der Waals surface area contributed by atoms with Gasteiger partial charge in [0.1, 0.15) is 12.2 Å². The lowest BCUT2D eigenvalue weighted by Crippen LogP contribution is -2.70. The highest BCUT2D eigenvalue weighted by atomic mass is 16.6. The van der Waals surface area contributed by atoms with E-state index in [1.807, 2.05) is 6.92 Å². The molecule has 2 N–H and O–H groups in total. The normalized spacial score (nSPS) is 43.8. The van der Waals surface area contributed by atoms with Crippen molar-refractivity contribution >= 4 is 17.9 Å². The Bertz CT molecular complexity index is 1270. The highest BCUT2D eigenvalue weighted by Gasteiger charge is 2.72. The van der Waals surface area contributed by atoms with Crippen LogP contribution >= 0.6 is 0 Å². The molecule has 1 unspecified atom stereocenters. The molecular weight excluding hydrogens is 598 g/mol. The van der Waals surface area contributed by atoms with Crippen molar-refractivity contribution < 1.29 is 38.4 Å². The third-order valence-corrected chi connectivity index (χ3v) is 14.7. The number of carbonyl (C=O) groups excluding carboxylic acids is 2. The van der Waals surface area contributed by atoms with Crippen LogP contribution in [0.25, 0.3) is 0 Å². The van der Waals surface area contributed by atoms with Gasteiger partial charge in [0.25, 0.3) is 0 Å². The summed E-state index contributed by atoms with van der Waals surface area (Å²) in [5.41, 5.74) is -0.505. The Morgan fingerprint density at radius 3 is 2.34 bits per heavy atom. The third kappa shape index (κ3) is 5.58. The van der Waals surface area contributed by atoms with Crippen LogP contribution in [-0.4, -0.2) is 74.7 Å². The molecule has 0 radical (unpaired) electrons. The van der Waals surface area contributed by atoms with E-state index in [0.717, 1.165) is 25.7 Å². The van der Waals surface area contributed by atoms with Crippen molar-refractivity contribution in [2.75, 3.05) is 33.5 Å². The fourth-order valence-corrected chi connectivity index (χ4v) is 11.9. The zero-order valence-corrected chi connectivity index (χ0v) is 30.6. The second-order valence-electron chi connectivity index (χ2n) is 17.3. The number of hydrogen-bond acceptors (Lipinski definition) is 8. The highest BCUT2D eigenvalue weighted by Crippen LogP contribution is 2.75. The molecule has 0 spiro atoms. The quantitative estimate of drug-likeness (QED) is 0.214. The molecule has 0 aromatic carbocycles. The van der Waals surface area contributed by atoms with Crippen molar-refractivity contribution in [3.63, 3.8) is 0 Å². The summed E-state index contributed by atoms with van der Waals surface area (Å²) >= 11 is 0. The van der Waals surface area contributed by atoms with E-state index in [0.29, 0.717) is 38.6 Å². The van der Waals surface area contributed by atoms with Crippen LogP contribution in [0.1, 0.15) is 101 Å². The number of aliphatic carboxylic acids is 1. The van der Waals surface area contributed by atoms with Gasteiger partial charge in [0.15, 0.2) is 0 Å². The van der Waals surface area contributed by atoms with E-state index in [9.17, 15) is 19.5 Å². The van der Waals surface area contributed by atoms with Crippen molar-refractivity contribution in [1.29, 1.82) is 0 Å². The monoisotopic (exact) mass is 659 g/mol. The first kappa shape index (κ1) is 36.3. The average molecular weight is 660 g/mol. The summed E-state index contributed by atoms with van der Waals surface area (Å²) < 4.78 is 24.0. The van der Waals surface area contributed by atoms with E-state index in [1.54, 1.807) is 7.11 Å². The molecule has 1 heterocycles. The van der Waals surface area contributed by atoms with Crippen molar-refractivity contribution in [1.82, 2.24) is 5.32 Å². The lowest BCUT2D eigenvalue weighted by Gasteiger charge is -2.71. The molecule has 9 nitrogen and oxygen atoms in total. The van der Waals surface area contributed by atoms with E-state index in [1.165, 1.54) is 12.5 Å². The van der Waals surface area contributed by atoms with Crippen molar-refractivity contribution in [2.45, 2.75) is 119 Å². The molecule has 1 aliphatic heterocycles. The molecule has 2 bridgehead atoms. The molecule has 5 rings (SSSR count). The maximum absolute atomic E-state index is 13.3. The van der Waals surface area contributed by atoms with Gasteiger partial charge in [0.05, 0.1) is 32.3 Å². The van der Waals surface area contributed by atoms with Crippen LogP contribution in [0.4, 0.5) is 0 Å². The van der Waals surface area contributed by atoms with Crippen molar-refractivity contribution in [3.05, 3.63) is 11.6 Å². The molecule has 4 fully saturated rings. The predicted molar refractivity (Wildman–Crippen MR) is 178 cm³/mol. The summed E-state index contributed by atoms with van der Waals surface area (Å²) in [6.45, 7) is 20.5. The molecule has 266 valence electrons. The number of hydrogen-bond donors (Lipinski definition) is 2. The topological polar surface area (TPSA) is 120 Å². The van der Waals surface area contributed by atoms with E-state index >= 15 is 0 Å². The van der Waals surface area contributed by atoms with Gasteiger partial charge in [-0.15, -0.1) is 0 Å². The van der Waals surface area contributed by atoms with Gasteiger partial charge in [-0.1, -0.05) is 60.1 Å². The van der Waals surface area contributed by atoms with Gasteiger partial charge < -0.3 is 29.4 Å². The molecule has 47 heavy (non-hydrogen) atoms. The van der Waals surface area contributed by atoms with E-state index in [2.05, 4.69) is 59.9 Å².